The molecule has 1 aromatic heterocycles. The zero-order chi connectivity index (χ0) is 23.6. The number of benzene rings is 2. The van der Waals surface area contributed by atoms with E-state index in [1.807, 2.05) is 26.0 Å². The molecule has 0 saturated heterocycles. The molecule has 1 aliphatic rings. The van der Waals surface area contributed by atoms with E-state index in [9.17, 15) is 13.2 Å². The molecule has 0 atom stereocenters. The van der Waals surface area contributed by atoms with Crippen LogP contribution in [0.2, 0.25) is 0 Å². The van der Waals surface area contributed by atoms with Crippen LogP contribution in [0.15, 0.2) is 59.6 Å². The Labute approximate surface area is 192 Å². The molecule has 9 nitrogen and oxygen atoms in total. The fourth-order valence-corrected chi connectivity index (χ4v) is 4.39. The predicted octanol–water partition coefficient (Wildman–Crippen LogP) is 3.32. The summed E-state index contributed by atoms with van der Waals surface area (Å²) in [7, 11) is -3.86. The molecule has 0 spiro atoms. The molecule has 2 aromatic carbocycles. The number of fused-ring (bicyclic) bond motifs is 1. The number of para-hydroxylation sites is 1. The molecule has 1 amide bonds. The number of amides is 1. The van der Waals surface area contributed by atoms with E-state index in [0.717, 1.165) is 12.0 Å². The molecule has 3 aromatic rings. The van der Waals surface area contributed by atoms with Crippen LogP contribution in [0.3, 0.4) is 0 Å². The van der Waals surface area contributed by atoms with Gasteiger partial charge in [0.15, 0.2) is 18.1 Å². The van der Waals surface area contributed by atoms with Gasteiger partial charge in [0, 0.05) is 29.6 Å². The number of ether oxygens (including phenoxy) is 2. The van der Waals surface area contributed by atoms with Crippen molar-refractivity contribution in [3.63, 3.8) is 0 Å². The predicted molar refractivity (Wildman–Crippen MR) is 123 cm³/mol. The van der Waals surface area contributed by atoms with Gasteiger partial charge in [0.2, 0.25) is 5.95 Å². The number of aryl methyl sites for hydroxylation is 1. The molecule has 0 saturated carbocycles. The molecule has 2 N–H and O–H groups in total. The van der Waals surface area contributed by atoms with Crippen LogP contribution in [-0.4, -0.2) is 36.5 Å². The van der Waals surface area contributed by atoms with Gasteiger partial charge in [-0.05, 0) is 57.2 Å². The number of rotatable bonds is 7. The van der Waals surface area contributed by atoms with Crippen molar-refractivity contribution < 1.29 is 22.7 Å². The van der Waals surface area contributed by atoms with E-state index >= 15 is 0 Å². The minimum atomic E-state index is -3.86. The molecule has 0 unspecified atom stereocenters. The molecule has 33 heavy (non-hydrogen) atoms. The molecule has 0 fully saturated rings. The van der Waals surface area contributed by atoms with Crippen LogP contribution in [0.25, 0.3) is 0 Å². The Hall–Kier alpha value is -3.66. The second-order valence-electron chi connectivity index (χ2n) is 8.27. The van der Waals surface area contributed by atoms with Crippen molar-refractivity contribution >= 4 is 27.6 Å². The lowest BCUT2D eigenvalue weighted by molar-refractivity contribution is -0.118. The van der Waals surface area contributed by atoms with Gasteiger partial charge in [0.1, 0.15) is 5.60 Å². The number of nitrogens with one attached hydrogen (secondary N) is 2. The van der Waals surface area contributed by atoms with Crippen LogP contribution in [-0.2, 0) is 21.2 Å². The van der Waals surface area contributed by atoms with E-state index in [2.05, 4.69) is 20.0 Å². The highest BCUT2D eigenvalue weighted by Gasteiger charge is 2.32. The third-order valence-electron chi connectivity index (χ3n) is 4.88. The van der Waals surface area contributed by atoms with Crippen molar-refractivity contribution in [2.24, 2.45) is 0 Å². The lowest BCUT2D eigenvalue weighted by Gasteiger charge is -2.18. The fraction of sp³-hybridized carbons (Fsp3) is 0.261. The Morgan fingerprint density at radius 2 is 1.91 bits per heavy atom. The first-order valence-electron chi connectivity index (χ1n) is 10.3. The number of hydrogen-bond acceptors (Lipinski definition) is 7. The number of sulfonamides is 1. The smallest absolute Gasteiger partial charge is 0.264 e. The maximum atomic E-state index is 12.5. The number of hydrogen-bond donors (Lipinski definition) is 2. The van der Waals surface area contributed by atoms with E-state index in [1.165, 1.54) is 30.5 Å². The van der Waals surface area contributed by atoms with Crippen LogP contribution in [0.1, 0.15) is 25.1 Å². The van der Waals surface area contributed by atoms with E-state index in [1.54, 1.807) is 19.1 Å². The van der Waals surface area contributed by atoms with E-state index in [-0.39, 0.29) is 29.0 Å². The largest absolute Gasteiger partial charge is 0.483 e. The summed E-state index contributed by atoms with van der Waals surface area (Å²) < 4.78 is 39.0. The monoisotopic (exact) mass is 468 g/mol. The van der Waals surface area contributed by atoms with Crippen LogP contribution < -0.4 is 19.5 Å². The Morgan fingerprint density at radius 1 is 1.15 bits per heavy atom. The van der Waals surface area contributed by atoms with Gasteiger partial charge < -0.3 is 14.8 Å². The third kappa shape index (κ3) is 5.40. The SMILES string of the molecule is Cc1ccnc(NS(=O)(=O)c2ccc(NC(=O)COc3cccc4c3OC(C)(C)C4)cc2)n1. The lowest BCUT2D eigenvalue weighted by atomic mass is 10.0. The van der Waals surface area contributed by atoms with Crippen molar-refractivity contribution in [2.75, 3.05) is 16.6 Å². The topological polar surface area (TPSA) is 120 Å². The zero-order valence-electron chi connectivity index (χ0n) is 18.5. The highest BCUT2D eigenvalue weighted by atomic mass is 32.2. The lowest BCUT2D eigenvalue weighted by Crippen LogP contribution is -2.25. The normalized spacial score (nSPS) is 14.2. The summed E-state index contributed by atoms with van der Waals surface area (Å²) in [6.07, 6.45) is 2.24. The Bertz CT molecular complexity index is 1290. The minimum absolute atomic E-state index is 0.00991. The van der Waals surface area contributed by atoms with Crippen molar-refractivity contribution in [3.8, 4) is 11.5 Å². The Balaban J connectivity index is 1.36. The van der Waals surface area contributed by atoms with Gasteiger partial charge in [0.05, 0.1) is 4.90 Å². The van der Waals surface area contributed by atoms with Crippen molar-refractivity contribution in [2.45, 2.75) is 37.7 Å². The number of carbonyl (C=O) groups is 1. The van der Waals surface area contributed by atoms with Crippen LogP contribution >= 0.6 is 0 Å². The van der Waals surface area contributed by atoms with E-state index < -0.39 is 10.0 Å². The van der Waals surface area contributed by atoms with Gasteiger partial charge in [-0.2, -0.15) is 0 Å². The summed E-state index contributed by atoms with van der Waals surface area (Å²) in [4.78, 5) is 20.3. The average molecular weight is 469 g/mol. The van der Waals surface area contributed by atoms with Crippen molar-refractivity contribution in [3.05, 3.63) is 66.0 Å². The van der Waals surface area contributed by atoms with Gasteiger partial charge >= 0.3 is 0 Å². The second-order valence-corrected chi connectivity index (χ2v) is 9.95. The standard InChI is InChI=1S/C23H24N4O5S/c1-15-11-12-24-22(25-15)27-33(29,30)18-9-7-17(8-10-18)26-20(28)14-31-19-6-4-5-16-13-23(2,3)32-21(16)19/h4-12H,13-14H2,1-3H3,(H,26,28)(H,24,25,27). The van der Waals surface area contributed by atoms with Crippen LogP contribution in [0, 0.1) is 6.92 Å². The molecular weight excluding hydrogens is 444 g/mol. The summed E-state index contributed by atoms with van der Waals surface area (Å²) in [5, 5.41) is 2.69. The van der Waals surface area contributed by atoms with Gasteiger partial charge in [-0.15, -0.1) is 0 Å². The number of aromatic nitrogens is 2. The van der Waals surface area contributed by atoms with E-state index in [0.29, 0.717) is 22.9 Å². The maximum absolute atomic E-state index is 12.5. The van der Waals surface area contributed by atoms with Crippen LogP contribution in [0.4, 0.5) is 11.6 Å². The average Bonchev–Trinajstić information content (AvgIpc) is 3.06. The summed E-state index contributed by atoms with van der Waals surface area (Å²) in [5.41, 5.74) is 1.80. The molecule has 0 aliphatic carbocycles. The van der Waals surface area contributed by atoms with Crippen molar-refractivity contribution in [1.82, 2.24) is 9.97 Å². The van der Waals surface area contributed by atoms with Crippen molar-refractivity contribution in [1.29, 1.82) is 0 Å². The third-order valence-corrected chi connectivity index (χ3v) is 6.23. The number of anilines is 2. The molecule has 0 bridgehead atoms. The van der Waals surface area contributed by atoms with Gasteiger partial charge in [-0.1, -0.05) is 12.1 Å². The highest BCUT2D eigenvalue weighted by Crippen LogP contribution is 2.41. The number of nitrogens with zero attached hydrogens (tertiary/aromatic N) is 2. The molecular formula is C23H24N4O5S. The first-order valence-corrected chi connectivity index (χ1v) is 11.8. The quantitative estimate of drug-likeness (QED) is 0.546. The maximum Gasteiger partial charge on any atom is 0.264 e. The molecule has 2 heterocycles. The highest BCUT2D eigenvalue weighted by molar-refractivity contribution is 7.92. The molecule has 4 rings (SSSR count). The zero-order valence-corrected chi connectivity index (χ0v) is 19.3. The Morgan fingerprint density at radius 3 is 2.64 bits per heavy atom. The first kappa shape index (κ1) is 22.5. The van der Waals surface area contributed by atoms with Crippen LogP contribution in [0.5, 0.6) is 11.5 Å². The summed E-state index contributed by atoms with van der Waals surface area (Å²) in [5.74, 6) is 0.783. The molecule has 10 heteroatoms. The molecule has 1 aliphatic heterocycles. The van der Waals surface area contributed by atoms with Gasteiger partial charge in [0.25, 0.3) is 15.9 Å². The minimum Gasteiger partial charge on any atom is -0.483 e. The van der Waals surface area contributed by atoms with Gasteiger partial charge in [-0.3, -0.25) is 4.79 Å². The molecule has 172 valence electrons. The second kappa shape index (κ2) is 8.70. The Kier molecular flexibility index (Phi) is 5.94. The summed E-state index contributed by atoms with van der Waals surface area (Å²) in [6, 6.07) is 13.0. The summed E-state index contributed by atoms with van der Waals surface area (Å²) >= 11 is 0. The van der Waals surface area contributed by atoms with E-state index in [4.69, 9.17) is 9.47 Å². The first-order chi connectivity index (χ1) is 15.6. The molecule has 0 radical (unpaired) electrons. The fourth-order valence-electron chi connectivity index (χ4n) is 3.44. The van der Waals surface area contributed by atoms with Gasteiger partial charge in [-0.25, -0.2) is 23.1 Å². The summed E-state index contributed by atoms with van der Waals surface area (Å²) in [6.45, 7) is 5.51. The number of carbonyl (C=O) groups excluding carboxylic acids is 1.